The van der Waals surface area contributed by atoms with Crippen LogP contribution in [0.3, 0.4) is 0 Å². The number of aromatic nitrogens is 1. The van der Waals surface area contributed by atoms with Crippen molar-refractivity contribution in [3.05, 3.63) is 62.3 Å². The molecule has 0 saturated carbocycles. The molecule has 0 aliphatic heterocycles. The Morgan fingerprint density at radius 2 is 2.04 bits per heavy atom. The summed E-state index contributed by atoms with van der Waals surface area (Å²) in [5, 5.41) is 1.93. The zero-order valence-corrected chi connectivity index (χ0v) is 17.1. The second-order valence-corrected chi connectivity index (χ2v) is 7.82. The highest BCUT2D eigenvalue weighted by Gasteiger charge is 2.10. The third-order valence-corrected chi connectivity index (χ3v) is 5.32. The first-order chi connectivity index (χ1) is 11.9. The molecule has 0 bridgehead atoms. The van der Waals surface area contributed by atoms with Crippen LogP contribution in [0.1, 0.15) is 24.0 Å². The average molecular weight is 468 g/mol. The summed E-state index contributed by atoms with van der Waals surface area (Å²) in [6, 6.07) is 11.7. The summed E-state index contributed by atoms with van der Waals surface area (Å²) in [6.07, 6.45) is 4.15. The summed E-state index contributed by atoms with van der Waals surface area (Å²) >= 11 is 8.31. The number of hydrogen-bond donors (Lipinski definition) is 0. The van der Waals surface area contributed by atoms with Gasteiger partial charge in [-0.05, 0) is 89.9 Å². The summed E-state index contributed by atoms with van der Waals surface area (Å²) in [6.45, 7) is 1.89. The van der Waals surface area contributed by atoms with Crippen molar-refractivity contribution in [3.8, 4) is 5.75 Å². The van der Waals surface area contributed by atoms with Crippen molar-refractivity contribution in [2.45, 2.75) is 26.2 Å². The van der Waals surface area contributed by atoms with Crippen LogP contribution in [0, 0.1) is 10.5 Å². The van der Waals surface area contributed by atoms with Crippen molar-refractivity contribution in [3.63, 3.8) is 0 Å². The van der Waals surface area contributed by atoms with Gasteiger partial charge in [-0.1, -0.05) is 11.6 Å². The highest BCUT2D eigenvalue weighted by molar-refractivity contribution is 14.1. The van der Waals surface area contributed by atoms with Gasteiger partial charge in [0.2, 0.25) is 0 Å². The average Bonchev–Trinajstić information content (AvgIpc) is 2.86. The predicted octanol–water partition coefficient (Wildman–Crippen LogP) is 5.67. The van der Waals surface area contributed by atoms with Gasteiger partial charge in [0.15, 0.2) is 0 Å². The molecule has 130 valence electrons. The molecule has 0 fully saturated rings. The molecule has 0 unspecified atom stereocenters. The highest BCUT2D eigenvalue weighted by Crippen LogP contribution is 2.25. The van der Waals surface area contributed by atoms with Crippen LogP contribution in [-0.4, -0.2) is 10.5 Å². The van der Waals surface area contributed by atoms with Crippen molar-refractivity contribution >= 4 is 51.1 Å². The Bertz CT molecular complexity index is 933. The Morgan fingerprint density at radius 1 is 1.24 bits per heavy atom. The first-order valence-corrected chi connectivity index (χ1v) is 9.60. The minimum absolute atomic E-state index is 0.212. The van der Waals surface area contributed by atoms with Crippen LogP contribution in [0.2, 0.25) is 5.02 Å². The lowest BCUT2D eigenvalue weighted by molar-refractivity contribution is -0.134. The second-order valence-electron chi connectivity index (χ2n) is 6.17. The summed E-state index contributed by atoms with van der Waals surface area (Å²) in [5.74, 6) is 0.336. The Labute approximate surface area is 166 Å². The Hall–Kier alpha value is -1.53. The molecule has 25 heavy (non-hydrogen) atoms. The molecule has 0 atom stereocenters. The van der Waals surface area contributed by atoms with E-state index in [1.807, 2.05) is 6.92 Å². The molecule has 0 aliphatic carbocycles. The van der Waals surface area contributed by atoms with Crippen molar-refractivity contribution in [1.29, 1.82) is 0 Å². The van der Waals surface area contributed by atoms with Crippen LogP contribution >= 0.6 is 34.2 Å². The molecule has 0 saturated heterocycles. The van der Waals surface area contributed by atoms with E-state index in [9.17, 15) is 4.79 Å². The minimum Gasteiger partial charge on any atom is -0.427 e. The van der Waals surface area contributed by atoms with Crippen LogP contribution < -0.4 is 4.74 Å². The van der Waals surface area contributed by atoms with Gasteiger partial charge in [0.25, 0.3) is 0 Å². The van der Waals surface area contributed by atoms with Crippen LogP contribution in [0.4, 0.5) is 0 Å². The van der Waals surface area contributed by atoms with E-state index in [1.165, 1.54) is 20.0 Å². The van der Waals surface area contributed by atoms with Crippen molar-refractivity contribution in [1.82, 2.24) is 4.57 Å². The van der Waals surface area contributed by atoms with Gasteiger partial charge in [0.05, 0.1) is 0 Å². The van der Waals surface area contributed by atoms with E-state index in [4.69, 9.17) is 16.3 Å². The maximum atomic E-state index is 12.1. The molecule has 0 spiro atoms. The number of hydrogen-bond acceptors (Lipinski definition) is 2. The Morgan fingerprint density at radius 3 is 2.80 bits per heavy atom. The van der Waals surface area contributed by atoms with E-state index in [2.05, 4.69) is 58.6 Å². The fraction of sp³-hybridized carbons (Fsp3) is 0.250. The number of aryl methyl sites for hydroxylation is 3. The van der Waals surface area contributed by atoms with Gasteiger partial charge in [-0.3, -0.25) is 4.79 Å². The lowest BCUT2D eigenvalue weighted by Crippen LogP contribution is -2.08. The molecule has 5 heteroatoms. The molecular weight excluding hydrogens is 449 g/mol. The lowest BCUT2D eigenvalue weighted by Gasteiger charge is -2.06. The molecule has 0 amide bonds. The van der Waals surface area contributed by atoms with E-state index in [0.717, 1.165) is 18.4 Å². The normalized spacial score (nSPS) is 11.0. The van der Waals surface area contributed by atoms with Crippen molar-refractivity contribution in [2.24, 2.45) is 7.05 Å². The van der Waals surface area contributed by atoms with Gasteiger partial charge in [0.1, 0.15) is 5.75 Å². The number of esters is 1. The molecule has 1 aromatic heterocycles. The molecule has 1 heterocycles. The number of fused-ring (bicyclic) bond motifs is 1. The molecule has 0 aliphatic rings. The van der Waals surface area contributed by atoms with Crippen LogP contribution in [0.25, 0.3) is 10.9 Å². The van der Waals surface area contributed by atoms with Crippen molar-refractivity contribution < 1.29 is 9.53 Å². The topological polar surface area (TPSA) is 31.2 Å². The van der Waals surface area contributed by atoms with Crippen LogP contribution in [-0.2, 0) is 18.3 Å². The van der Waals surface area contributed by atoms with E-state index < -0.39 is 0 Å². The van der Waals surface area contributed by atoms with Crippen LogP contribution in [0.15, 0.2) is 42.6 Å². The third kappa shape index (κ3) is 4.36. The zero-order valence-electron chi connectivity index (χ0n) is 14.2. The van der Waals surface area contributed by atoms with Gasteiger partial charge in [-0.25, -0.2) is 0 Å². The largest absolute Gasteiger partial charge is 0.427 e. The van der Waals surface area contributed by atoms with E-state index >= 15 is 0 Å². The van der Waals surface area contributed by atoms with E-state index in [0.29, 0.717) is 17.2 Å². The number of ether oxygens (including phenoxy) is 1. The van der Waals surface area contributed by atoms with Crippen LogP contribution in [0.5, 0.6) is 5.75 Å². The van der Waals surface area contributed by atoms with Gasteiger partial charge >= 0.3 is 5.97 Å². The number of nitrogens with zero attached hydrogens (tertiary/aromatic N) is 1. The van der Waals surface area contributed by atoms with Gasteiger partial charge in [-0.15, -0.1) is 0 Å². The number of carbonyl (C=O) groups excluding carboxylic acids is 1. The quantitative estimate of drug-likeness (QED) is 0.275. The number of rotatable bonds is 5. The maximum absolute atomic E-state index is 12.1. The van der Waals surface area contributed by atoms with Crippen molar-refractivity contribution in [2.75, 3.05) is 0 Å². The van der Waals surface area contributed by atoms with E-state index in [-0.39, 0.29) is 5.97 Å². The Kier molecular flexibility index (Phi) is 5.69. The summed E-state index contributed by atoms with van der Waals surface area (Å²) < 4.78 is 8.75. The molecule has 3 rings (SSSR count). The van der Waals surface area contributed by atoms with E-state index in [1.54, 1.807) is 18.2 Å². The first kappa shape index (κ1) is 18.3. The molecule has 2 aromatic carbocycles. The molecule has 3 nitrogen and oxygen atoms in total. The zero-order chi connectivity index (χ0) is 18.0. The smallest absolute Gasteiger partial charge is 0.311 e. The molecule has 0 radical (unpaired) electrons. The minimum atomic E-state index is -0.212. The first-order valence-electron chi connectivity index (χ1n) is 8.14. The standard InChI is InChI=1S/C20H19ClINO2/c1-13-10-16(7-8-18(13)21)25-20(24)5-3-4-14-12-23(2)19-9-6-15(22)11-17(14)19/h6-12H,3-5H2,1-2H3. The Balaban J connectivity index is 1.60. The highest BCUT2D eigenvalue weighted by atomic mass is 127. The maximum Gasteiger partial charge on any atom is 0.311 e. The fourth-order valence-corrected chi connectivity index (χ4v) is 3.54. The number of carbonyl (C=O) groups is 1. The number of halogens is 2. The molecule has 0 N–H and O–H groups in total. The molecular formula is C20H19ClINO2. The van der Waals surface area contributed by atoms with Gasteiger partial charge in [0, 0.05) is 39.2 Å². The van der Waals surface area contributed by atoms with Gasteiger partial charge < -0.3 is 9.30 Å². The van der Waals surface area contributed by atoms with Gasteiger partial charge in [-0.2, -0.15) is 0 Å². The third-order valence-electron chi connectivity index (χ3n) is 4.22. The summed E-state index contributed by atoms with van der Waals surface area (Å²) in [5.41, 5.74) is 3.39. The fourth-order valence-electron chi connectivity index (χ4n) is 2.93. The second kappa shape index (κ2) is 7.79. The lowest BCUT2D eigenvalue weighted by atomic mass is 10.1. The molecule has 3 aromatic rings. The SMILES string of the molecule is Cc1cc(OC(=O)CCCc2cn(C)c3ccc(I)cc23)ccc1Cl. The summed E-state index contributed by atoms with van der Waals surface area (Å²) in [7, 11) is 2.05. The summed E-state index contributed by atoms with van der Waals surface area (Å²) in [4.78, 5) is 12.1. The predicted molar refractivity (Wildman–Crippen MR) is 110 cm³/mol. The monoisotopic (exact) mass is 467 g/mol. The number of benzene rings is 2.